The van der Waals surface area contributed by atoms with Gasteiger partial charge < -0.3 is 15.0 Å². The molecule has 0 spiro atoms. The zero-order valence-electron chi connectivity index (χ0n) is 10.7. The van der Waals surface area contributed by atoms with Crippen LogP contribution in [0.5, 0.6) is 0 Å². The van der Waals surface area contributed by atoms with Crippen LogP contribution < -0.4 is 5.73 Å². The third kappa shape index (κ3) is 3.06. The second kappa shape index (κ2) is 5.46. The van der Waals surface area contributed by atoms with E-state index in [1.54, 1.807) is 0 Å². The normalized spacial score (nSPS) is 12.1. The molecule has 1 aromatic heterocycles. The minimum Gasteiger partial charge on any atom is -0.375 e. The summed E-state index contributed by atoms with van der Waals surface area (Å²) in [5.74, 6) is 0.827. The van der Waals surface area contributed by atoms with Gasteiger partial charge in [0.15, 0.2) is 0 Å². The highest BCUT2D eigenvalue weighted by Gasteiger charge is 2.20. The molecule has 92 valence electrons. The van der Waals surface area contributed by atoms with Gasteiger partial charge in [-0.1, -0.05) is 19.0 Å². The first-order valence-electron chi connectivity index (χ1n) is 5.80. The van der Waals surface area contributed by atoms with Crippen LogP contribution >= 0.6 is 0 Å². The second-order valence-electron chi connectivity index (χ2n) is 4.37. The third-order valence-electron chi connectivity index (χ3n) is 3.23. The van der Waals surface area contributed by atoms with Crippen LogP contribution in [0.1, 0.15) is 43.7 Å². The fraction of sp³-hybridized carbons (Fsp3) is 0.750. The SMILES string of the molecule is CCC(N)(CC)COCc1c(C)noc1C. The first-order chi connectivity index (χ1) is 7.52. The van der Waals surface area contributed by atoms with E-state index in [-0.39, 0.29) is 5.54 Å². The van der Waals surface area contributed by atoms with Gasteiger partial charge in [-0.25, -0.2) is 0 Å². The number of rotatable bonds is 6. The maximum atomic E-state index is 6.15. The Bertz CT molecular complexity index is 310. The number of nitrogens with zero attached hydrogens (tertiary/aromatic N) is 1. The highest BCUT2D eigenvalue weighted by atomic mass is 16.5. The molecule has 0 atom stereocenters. The lowest BCUT2D eigenvalue weighted by Crippen LogP contribution is -2.43. The van der Waals surface area contributed by atoms with Gasteiger partial charge in [-0.15, -0.1) is 0 Å². The van der Waals surface area contributed by atoms with Gasteiger partial charge in [0.1, 0.15) is 5.76 Å². The molecule has 1 aromatic rings. The van der Waals surface area contributed by atoms with Gasteiger partial charge in [-0.3, -0.25) is 0 Å². The molecule has 4 heteroatoms. The summed E-state index contributed by atoms with van der Waals surface area (Å²) >= 11 is 0. The summed E-state index contributed by atoms with van der Waals surface area (Å²) in [5, 5.41) is 3.89. The van der Waals surface area contributed by atoms with Crippen LogP contribution in [-0.2, 0) is 11.3 Å². The van der Waals surface area contributed by atoms with Gasteiger partial charge in [0, 0.05) is 11.1 Å². The molecule has 1 heterocycles. The van der Waals surface area contributed by atoms with Crippen molar-refractivity contribution in [1.82, 2.24) is 5.16 Å². The molecule has 4 nitrogen and oxygen atoms in total. The predicted molar refractivity (Wildman–Crippen MR) is 63.1 cm³/mol. The molecule has 1 rings (SSSR count). The van der Waals surface area contributed by atoms with E-state index in [2.05, 4.69) is 19.0 Å². The Kier molecular flexibility index (Phi) is 4.50. The summed E-state index contributed by atoms with van der Waals surface area (Å²) in [5.41, 5.74) is 7.87. The first kappa shape index (κ1) is 13.2. The van der Waals surface area contributed by atoms with Gasteiger partial charge >= 0.3 is 0 Å². The standard InChI is InChI=1S/C12H22N2O2/c1-5-12(13,6-2)8-15-7-11-9(3)14-16-10(11)4/h5-8,13H2,1-4H3. The van der Waals surface area contributed by atoms with E-state index in [0.29, 0.717) is 13.2 Å². The van der Waals surface area contributed by atoms with Crippen LogP contribution in [0.25, 0.3) is 0 Å². The molecule has 0 aliphatic carbocycles. The van der Waals surface area contributed by atoms with Gasteiger partial charge in [-0.2, -0.15) is 0 Å². The van der Waals surface area contributed by atoms with E-state index in [4.69, 9.17) is 15.0 Å². The Morgan fingerprint density at radius 1 is 1.31 bits per heavy atom. The predicted octanol–water partition coefficient (Wildman–Crippen LogP) is 2.33. The van der Waals surface area contributed by atoms with Crippen molar-refractivity contribution in [1.29, 1.82) is 0 Å². The Hall–Kier alpha value is -0.870. The Labute approximate surface area is 97.1 Å². The summed E-state index contributed by atoms with van der Waals surface area (Å²) in [4.78, 5) is 0. The minimum absolute atomic E-state index is 0.209. The van der Waals surface area contributed by atoms with E-state index < -0.39 is 0 Å². The van der Waals surface area contributed by atoms with Crippen LogP contribution in [0, 0.1) is 13.8 Å². The van der Waals surface area contributed by atoms with Gasteiger partial charge in [-0.05, 0) is 26.7 Å². The van der Waals surface area contributed by atoms with E-state index in [0.717, 1.165) is 29.9 Å². The monoisotopic (exact) mass is 226 g/mol. The number of aryl methyl sites for hydroxylation is 2. The van der Waals surface area contributed by atoms with Gasteiger partial charge in [0.2, 0.25) is 0 Å². The molecule has 0 saturated heterocycles. The van der Waals surface area contributed by atoms with Crippen LogP contribution in [0.15, 0.2) is 4.52 Å². The van der Waals surface area contributed by atoms with Crippen molar-refractivity contribution in [3.63, 3.8) is 0 Å². The summed E-state index contributed by atoms with van der Waals surface area (Å²) in [6.07, 6.45) is 1.84. The maximum absolute atomic E-state index is 6.15. The second-order valence-corrected chi connectivity index (χ2v) is 4.37. The van der Waals surface area contributed by atoms with Crippen molar-refractivity contribution in [2.24, 2.45) is 5.73 Å². The molecule has 0 fully saturated rings. The molecular formula is C12H22N2O2. The average Bonchev–Trinajstić information content (AvgIpc) is 2.60. The van der Waals surface area contributed by atoms with Crippen LogP contribution in [0.4, 0.5) is 0 Å². The molecule has 0 aromatic carbocycles. The van der Waals surface area contributed by atoms with E-state index >= 15 is 0 Å². The largest absolute Gasteiger partial charge is 0.375 e. The molecule has 2 N–H and O–H groups in total. The number of hydrogen-bond acceptors (Lipinski definition) is 4. The summed E-state index contributed by atoms with van der Waals surface area (Å²) < 4.78 is 10.7. The summed E-state index contributed by atoms with van der Waals surface area (Å²) in [7, 11) is 0. The fourth-order valence-corrected chi connectivity index (χ4v) is 1.52. The van der Waals surface area contributed by atoms with Crippen LogP contribution in [0.2, 0.25) is 0 Å². The molecule has 0 aliphatic rings. The van der Waals surface area contributed by atoms with Crippen LogP contribution in [0.3, 0.4) is 0 Å². The van der Waals surface area contributed by atoms with Gasteiger partial charge in [0.05, 0.1) is 18.9 Å². The molecule has 0 unspecified atom stereocenters. The minimum atomic E-state index is -0.209. The summed E-state index contributed by atoms with van der Waals surface area (Å²) in [6.45, 7) is 9.09. The zero-order valence-corrected chi connectivity index (χ0v) is 10.7. The maximum Gasteiger partial charge on any atom is 0.139 e. The lowest BCUT2D eigenvalue weighted by molar-refractivity contribution is 0.0687. The van der Waals surface area contributed by atoms with Crippen LogP contribution in [-0.4, -0.2) is 17.3 Å². The Morgan fingerprint density at radius 2 is 1.94 bits per heavy atom. The third-order valence-corrected chi connectivity index (χ3v) is 3.23. The lowest BCUT2D eigenvalue weighted by atomic mass is 9.96. The van der Waals surface area contributed by atoms with Crippen molar-refractivity contribution in [3.05, 3.63) is 17.0 Å². The molecule has 0 bridgehead atoms. The van der Waals surface area contributed by atoms with Crippen molar-refractivity contribution in [3.8, 4) is 0 Å². The van der Waals surface area contributed by atoms with E-state index in [9.17, 15) is 0 Å². The Morgan fingerprint density at radius 3 is 2.38 bits per heavy atom. The quantitative estimate of drug-likeness (QED) is 0.808. The molecule has 0 amide bonds. The molecular weight excluding hydrogens is 204 g/mol. The number of aromatic nitrogens is 1. The fourth-order valence-electron chi connectivity index (χ4n) is 1.52. The molecule has 0 radical (unpaired) electrons. The number of hydrogen-bond donors (Lipinski definition) is 1. The molecule has 0 saturated carbocycles. The lowest BCUT2D eigenvalue weighted by Gasteiger charge is -2.26. The van der Waals surface area contributed by atoms with Crippen molar-refractivity contribution < 1.29 is 9.26 Å². The Balaban J connectivity index is 2.47. The van der Waals surface area contributed by atoms with Crippen molar-refractivity contribution in [2.75, 3.05) is 6.61 Å². The number of ether oxygens (including phenoxy) is 1. The number of nitrogens with two attached hydrogens (primary N) is 1. The topological polar surface area (TPSA) is 61.3 Å². The zero-order chi connectivity index (χ0) is 12.2. The summed E-state index contributed by atoms with van der Waals surface area (Å²) in [6, 6.07) is 0. The van der Waals surface area contributed by atoms with Gasteiger partial charge in [0.25, 0.3) is 0 Å². The van der Waals surface area contributed by atoms with Crippen molar-refractivity contribution in [2.45, 2.75) is 52.7 Å². The smallest absolute Gasteiger partial charge is 0.139 e. The molecule has 16 heavy (non-hydrogen) atoms. The average molecular weight is 226 g/mol. The van der Waals surface area contributed by atoms with E-state index in [1.165, 1.54) is 0 Å². The molecule has 0 aliphatic heterocycles. The highest BCUT2D eigenvalue weighted by Crippen LogP contribution is 2.16. The van der Waals surface area contributed by atoms with E-state index in [1.807, 2.05) is 13.8 Å². The van der Waals surface area contributed by atoms with Crippen molar-refractivity contribution >= 4 is 0 Å². The first-order valence-corrected chi connectivity index (χ1v) is 5.80. The highest BCUT2D eigenvalue weighted by molar-refractivity contribution is 5.19.